The number of aromatic nitrogens is 4. The number of nitrogen functional groups attached to an aromatic ring is 2. The number of rotatable bonds is 5. The van der Waals surface area contributed by atoms with Crippen LogP contribution in [0, 0.1) is 0 Å². The Balaban J connectivity index is 2.05. The normalized spacial score (nSPS) is 13.5. The summed E-state index contributed by atoms with van der Waals surface area (Å²) < 4.78 is 0. The molecule has 1 aromatic carbocycles. The second-order valence-corrected chi connectivity index (χ2v) is 5.50. The van der Waals surface area contributed by atoms with Gasteiger partial charge in [0.1, 0.15) is 5.52 Å². The van der Waals surface area contributed by atoms with Crippen molar-refractivity contribution < 1.29 is 14.7 Å². The van der Waals surface area contributed by atoms with Crippen LogP contribution >= 0.6 is 0 Å². The smallest absolute Gasteiger partial charge is 0.332 e. The number of anilines is 2. The zero-order valence-electron chi connectivity index (χ0n) is 12.9. The number of aliphatic carboxylic acids is 1. The zero-order chi connectivity index (χ0) is 18.2. The molecule has 25 heavy (non-hydrogen) atoms. The van der Waals surface area contributed by atoms with Crippen molar-refractivity contribution in [3.63, 3.8) is 0 Å². The predicted molar refractivity (Wildman–Crippen MR) is 89.4 cm³/mol. The van der Waals surface area contributed by atoms with Crippen LogP contribution in [0.25, 0.3) is 11.2 Å². The molecule has 3 rings (SSSR count). The van der Waals surface area contributed by atoms with E-state index in [9.17, 15) is 14.7 Å². The van der Waals surface area contributed by atoms with Crippen LogP contribution in [-0.4, -0.2) is 36.8 Å². The van der Waals surface area contributed by atoms with Gasteiger partial charge >= 0.3 is 5.97 Å². The molecule has 0 spiro atoms. The molecular formula is C15H15N7O3. The highest BCUT2D eigenvalue weighted by Crippen LogP contribution is 2.26. The number of ketones is 1. The Morgan fingerprint density at radius 2 is 1.92 bits per heavy atom. The standard InChI is InChI=1S/C15H15N7O3/c16-8-4-2-1-3-7(8)9(23)5-15(18,14(24)25)13-21-11(17)10-12(22-13)20-6-19-10/h1-4,6H,5,16,18H2,(H,24,25)(H3,17,19,20,21,22). The summed E-state index contributed by atoms with van der Waals surface area (Å²) in [6.07, 6.45) is 0.750. The molecule has 3 aromatic rings. The van der Waals surface area contributed by atoms with Crippen LogP contribution in [0.15, 0.2) is 30.6 Å². The number of nitrogens with two attached hydrogens (primary N) is 3. The van der Waals surface area contributed by atoms with Crippen molar-refractivity contribution in [2.45, 2.75) is 12.0 Å². The molecule has 0 aliphatic rings. The quantitative estimate of drug-likeness (QED) is 0.315. The number of hydrogen-bond donors (Lipinski definition) is 5. The molecule has 8 N–H and O–H groups in total. The van der Waals surface area contributed by atoms with Crippen LogP contribution in [0.4, 0.5) is 11.5 Å². The fourth-order valence-corrected chi connectivity index (χ4v) is 2.40. The fraction of sp³-hybridized carbons (Fsp3) is 0.133. The molecule has 0 radical (unpaired) electrons. The first-order valence-corrected chi connectivity index (χ1v) is 7.20. The summed E-state index contributed by atoms with van der Waals surface area (Å²) in [6, 6.07) is 6.31. The largest absolute Gasteiger partial charge is 0.480 e. The number of carbonyl (C=O) groups excluding carboxylic acids is 1. The van der Waals surface area contributed by atoms with E-state index in [4.69, 9.17) is 17.2 Å². The van der Waals surface area contributed by atoms with Crippen molar-refractivity contribution >= 4 is 34.4 Å². The molecule has 10 nitrogen and oxygen atoms in total. The molecule has 0 fully saturated rings. The van der Waals surface area contributed by atoms with Crippen LogP contribution in [-0.2, 0) is 10.3 Å². The van der Waals surface area contributed by atoms with Crippen LogP contribution in [0.3, 0.4) is 0 Å². The molecule has 10 heteroatoms. The third-order valence-electron chi connectivity index (χ3n) is 3.79. The topological polar surface area (TPSA) is 187 Å². The van der Waals surface area contributed by atoms with Crippen LogP contribution in [0.2, 0.25) is 0 Å². The maximum absolute atomic E-state index is 12.5. The highest BCUT2D eigenvalue weighted by Gasteiger charge is 2.42. The maximum Gasteiger partial charge on any atom is 0.332 e. The molecule has 0 aliphatic heterocycles. The van der Waals surface area contributed by atoms with Gasteiger partial charge in [-0.3, -0.25) is 4.79 Å². The minimum absolute atomic E-state index is 0.0137. The van der Waals surface area contributed by atoms with Crippen molar-refractivity contribution in [2.24, 2.45) is 5.73 Å². The second-order valence-electron chi connectivity index (χ2n) is 5.50. The number of H-pyrrole nitrogens is 1. The number of Topliss-reactive ketones (excluding diaryl/α,β-unsaturated/α-hetero) is 1. The number of fused-ring (bicyclic) bond motifs is 1. The summed E-state index contributed by atoms with van der Waals surface area (Å²) in [4.78, 5) is 39.0. The number of nitrogens with one attached hydrogen (secondary N) is 1. The number of nitrogens with zero attached hydrogens (tertiary/aromatic N) is 3. The highest BCUT2D eigenvalue weighted by atomic mass is 16.4. The number of para-hydroxylation sites is 1. The van der Waals surface area contributed by atoms with Gasteiger partial charge in [0.15, 0.2) is 28.6 Å². The molecule has 1 atom stereocenters. The Morgan fingerprint density at radius 1 is 1.20 bits per heavy atom. The Bertz CT molecular complexity index is 984. The van der Waals surface area contributed by atoms with Gasteiger partial charge in [-0.15, -0.1) is 0 Å². The number of benzene rings is 1. The Labute approximate surface area is 141 Å². The minimum atomic E-state index is -2.18. The van der Waals surface area contributed by atoms with E-state index in [1.54, 1.807) is 12.1 Å². The number of imidazole rings is 1. The summed E-state index contributed by atoms with van der Waals surface area (Å²) in [5, 5.41) is 9.61. The van der Waals surface area contributed by atoms with Crippen molar-refractivity contribution in [3.05, 3.63) is 42.0 Å². The Morgan fingerprint density at radius 3 is 2.60 bits per heavy atom. The molecule has 0 saturated carbocycles. The first-order chi connectivity index (χ1) is 11.8. The van der Waals surface area contributed by atoms with Gasteiger partial charge in [-0.1, -0.05) is 12.1 Å². The number of carbonyl (C=O) groups is 2. The van der Waals surface area contributed by atoms with E-state index < -0.39 is 23.7 Å². The lowest BCUT2D eigenvalue weighted by Crippen LogP contribution is -2.48. The summed E-state index contributed by atoms with van der Waals surface area (Å²) in [5.41, 5.74) is 16.3. The second kappa shape index (κ2) is 5.83. The Hall–Kier alpha value is -3.53. The van der Waals surface area contributed by atoms with Gasteiger partial charge < -0.3 is 27.3 Å². The van der Waals surface area contributed by atoms with E-state index in [2.05, 4.69) is 19.9 Å². The van der Waals surface area contributed by atoms with Gasteiger partial charge in [-0.25, -0.2) is 19.7 Å². The SMILES string of the molecule is Nc1ccccc1C(=O)CC(N)(C(=O)O)c1nc(N)c2[nH]cnc2n1. The van der Waals surface area contributed by atoms with Gasteiger partial charge in [0.05, 0.1) is 6.33 Å². The average Bonchev–Trinajstić information content (AvgIpc) is 3.04. The molecule has 0 amide bonds. The van der Waals surface area contributed by atoms with E-state index in [0.717, 1.165) is 0 Å². The number of hydrogen-bond acceptors (Lipinski definition) is 8. The number of carboxylic acid groups (broad SMARTS) is 1. The van der Waals surface area contributed by atoms with Crippen LogP contribution < -0.4 is 17.2 Å². The molecular weight excluding hydrogens is 326 g/mol. The van der Waals surface area contributed by atoms with Gasteiger partial charge in [-0.05, 0) is 12.1 Å². The van der Waals surface area contributed by atoms with Crippen molar-refractivity contribution in [1.29, 1.82) is 0 Å². The molecule has 2 heterocycles. The van der Waals surface area contributed by atoms with E-state index in [-0.39, 0.29) is 28.5 Å². The summed E-state index contributed by atoms with van der Waals surface area (Å²) >= 11 is 0. The fourth-order valence-electron chi connectivity index (χ4n) is 2.40. The average molecular weight is 341 g/mol. The van der Waals surface area contributed by atoms with E-state index in [1.807, 2.05) is 0 Å². The third-order valence-corrected chi connectivity index (χ3v) is 3.79. The molecule has 0 aliphatic carbocycles. The zero-order valence-corrected chi connectivity index (χ0v) is 12.9. The molecule has 0 saturated heterocycles. The van der Waals surface area contributed by atoms with Gasteiger partial charge in [0.2, 0.25) is 0 Å². The summed E-state index contributed by atoms with van der Waals surface area (Å²) in [6.45, 7) is 0. The lowest BCUT2D eigenvalue weighted by molar-refractivity contribution is -0.144. The molecule has 1 unspecified atom stereocenters. The lowest BCUT2D eigenvalue weighted by atomic mass is 9.90. The van der Waals surface area contributed by atoms with Crippen molar-refractivity contribution in [3.8, 4) is 0 Å². The molecule has 0 bridgehead atoms. The predicted octanol–water partition coefficient (Wildman–Crippen LogP) is 0.0289. The van der Waals surface area contributed by atoms with Crippen LogP contribution in [0.5, 0.6) is 0 Å². The number of aromatic amines is 1. The molecule has 2 aromatic heterocycles. The first-order valence-electron chi connectivity index (χ1n) is 7.20. The lowest BCUT2D eigenvalue weighted by Gasteiger charge is -2.22. The van der Waals surface area contributed by atoms with E-state index >= 15 is 0 Å². The monoisotopic (exact) mass is 341 g/mol. The van der Waals surface area contributed by atoms with Gasteiger partial charge in [-0.2, -0.15) is 0 Å². The third kappa shape index (κ3) is 2.74. The summed E-state index contributed by atoms with van der Waals surface area (Å²) in [5.74, 6) is -2.34. The van der Waals surface area contributed by atoms with Crippen molar-refractivity contribution in [2.75, 3.05) is 11.5 Å². The van der Waals surface area contributed by atoms with Gasteiger partial charge in [0.25, 0.3) is 0 Å². The Kier molecular flexibility index (Phi) is 3.81. The first kappa shape index (κ1) is 16.3. The number of carboxylic acids is 1. The van der Waals surface area contributed by atoms with E-state index in [0.29, 0.717) is 5.52 Å². The van der Waals surface area contributed by atoms with Crippen LogP contribution in [0.1, 0.15) is 22.6 Å². The maximum atomic E-state index is 12.5. The summed E-state index contributed by atoms with van der Waals surface area (Å²) in [7, 11) is 0. The minimum Gasteiger partial charge on any atom is -0.480 e. The van der Waals surface area contributed by atoms with E-state index in [1.165, 1.54) is 18.5 Å². The van der Waals surface area contributed by atoms with Crippen molar-refractivity contribution in [1.82, 2.24) is 19.9 Å². The molecule has 128 valence electrons. The highest BCUT2D eigenvalue weighted by molar-refractivity contribution is 6.03. The van der Waals surface area contributed by atoms with Gasteiger partial charge in [0, 0.05) is 17.7 Å².